The van der Waals surface area contributed by atoms with E-state index in [1.54, 1.807) is 0 Å². The van der Waals surface area contributed by atoms with Gasteiger partial charge in [-0.05, 0) is 59.9 Å². The number of hydrogen-bond donors (Lipinski definition) is 1. The second kappa shape index (κ2) is 4.78. The summed E-state index contributed by atoms with van der Waals surface area (Å²) < 4.78 is 3.43. The fraction of sp³-hybridized carbons (Fsp3) is 0.462. The van der Waals surface area contributed by atoms with E-state index in [9.17, 15) is 0 Å². The largest absolute Gasteiger partial charge is 0.329 e. The topological polar surface area (TPSA) is 29.9 Å². The molecule has 0 spiro atoms. The van der Waals surface area contributed by atoms with Crippen molar-refractivity contribution in [1.29, 1.82) is 0 Å². The van der Waals surface area contributed by atoms with Crippen LogP contribution in [0, 0.1) is 5.92 Å². The molecule has 1 fully saturated rings. The Morgan fingerprint density at radius 1 is 1.35 bits per heavy atom. The number of piperidine rings is 1. The summed E-state index contributed by atoms with van der Waals surface area (Å²) in [6, 6.07) is 6.19. The highest BCUT2D eigenvalue weighted by Crippen LogP contribution is 2.25. The molecule has 0 bridgehead atoms. The van der Waals surface area contributed by atoms with Gasteiger partial charge in [-0.25, -0.2) is 4.98 Å². The Balaban J connectivity index is 1.89. The van der Waals surface area contributed by atoms with Gasteiger partial charge in [0.15, 0.2) is 0 Å². The summed E-state index contributed by atoms with van der Waals surface area (Å²) in [5, 5.41) is 3.41. The Morgan fingerprint density at radius 3 is 3.00 bits per heavy atom. The zero-order valence-corrected chi connectivity index (χ0v) is 11.3. The third-order valence-corrected chi connectivity index (χ3v) is 4.14. The van der Waals surface area contributed by atoms with Crippen molar-refractivity contribution in [3.05, 3.63) is 29.0 Å². The van der Waals surface area contributed by atoms with E-state index in [1.807, 2.05) is 12.4 Å². The Labute approximate surface area is 109 Å². The lowest BCUT2D eigenvalue weighted by atomic mass is 9.98. The van der Waals surface area contributed by atoms with Gasteiger partial charge in [-0.1, -0.05) is 6.07 Å². The van der Waals surface area contributed by atoms with Gasteiger partial charge in [0.05, 0.1) is 17.4 Å². The number of rotatable bonds is 2. The molecule has 1 aliphatic heterocycles. The minimum Gasteiger partial charge on any atom is -0.329 e. The summed E-state index contributed by atoms with van der Waals surface area (Å²) in [5.74, 6) is 0.778. The predicted molar refractivity (Wildman–Crippen MR) is 73.0 cm³/mol. The summed E-state index contributed by atoms with van der Waals surface area (Å²) in [4.78, 5) is 4.46. The van der Waals surface area contributed by atoms with Crippen molar-refractivity contribution < 1.29 is 0 Å². The van der Waals surface area contributed by atoms with Crippen LogP contribution < -0.4 is 5.32 Å². The van der Waals surface area contributed by atoms with Crippen molar-refractivity contribution in [1.82, 2.24) is 14.9 Å². The average molecular weight is 294 g/mol. The molecule has 90 valence electrons. The lowest BCUT2D eigenvalue weighted by Crippen LogP contribution is -2.29. The smallest absolute Gasteiger partial charge is 0.0958 e. The van der Waals surface area contributed by atoms with Crippen LogP contribution in [-0.4, -0.2) is 22.6 Å². The molecule has 0 amide bonds. The Kier molecular flexibility index (Phi) is 3.16. The third kappa shape index (κ3) is 2.24. The van der Waals surface area contributed by atoms with E-state index in [-0.39, 0.29) is 0 Å². The first-order valence-corrected chi connectivity index (χ1v) is 6.94. The molecule has 3 rings (SSSR count). The molecule has 1 aliphatic rings. The molecule has 1 aromatic heterocycles. The molecule has 0 atom stereocenters. The number of halogens is 1. The number of nitrogens with one attached hydrogen (secondary N) is 1. The van der Waals surface area contributed by atoms with Crippen molar-refractivity contribution >= 4 is 27.0 Å². The molecular weight excluding hydrogens is 278 g/mol. The number of para-hydroxylation sites is 1. The second-order valence-electron chi connectivity index (χ2n) is 4.70. The SMILES string of the molecule is Brc1cccc2ncn(CC3CCNCC3)c12. The minimum absolute atomic E-state index is 0.778. The Hall–Kier alpha value is -0.870. The van der Waals surface area contributed by atoms with Crippen LogP contribution in [0.1, 0.15) is 12.8 Å². The lowest BCUT2D eigenvalue weighted by molar-refractivity contribution is 0.336. The summed E-state index contributed by atoms with van der Waals surface area (Å²) in [6.07, 6.45) is 4.51. The molecule has 1 N–H and O–H groups in total. The van der Waals surface area contributed by atoms with Crippen molar-refractivity contribution in [3.63, 3.8) is 0 Å². The first-order valence-electron chi connectivity index (χ1n) is 6.14. The molecule has 17 heavy (non-hydrogen) atoms. The van der Waals surface area contributed by atoms with Gasteiger partial charge < -0.3 is 9.88 Å². The Bertz CT molecular complexity index is 514. The van der Waals surface area contributed by atoms with E-state index in [2.05, 4.69) is 42.9 Å². The van der Waals surface area contributed by atoms with Gasteiger partial charge in [-0.2, -0.15) is 0 Å². The van der Waals surface area contributed by atoms with Crippen LogP contribution >= 0.6 is 15.9 Å². The second-order valence-corrected chi connectivity index (χ2v) is 5.55. The maximum Gasteiger partial charge on any atom is 0.0958 e. The molecule has 2 aromatic rings. The lowest BCUT2D eigenvalue weighted by Gasteiger charge is -2.23. The maximum absolute atomic E-state index is 4.46. The fourth-order valence-electron chi connectivity index (χ4n) is 2.56. The highest BCUT2D eigenvalue weighted by molar-refractivity contribution is 9.10. The van der Waals surface area contributed by atoms with E-state index >= 15 is 0 Å². The zero-order chi connectivity index (χ0) is 11.7. The molecule has 1 saturated heterocycles. The van der Waals surface area contributed by atoms with Gasteiger partial charge in [0.1, 0.15) is 0 Å². The molecule has 4 heteroatoms. The monoisotopic (exact) mass is 293 g/mol. The van der Waals surface area contributed by atoms with Gasteiger partial charge in [0.25, 0.3) is 0 Å². The number of imidazole rings is 1. The van der Waals surface area contributed by atoms with Crippen LogP contribution in [-0.2, 0) is 6.54 Å². The molecule has 3 nitrogen and oxygen atoms in total. The number of hydrogen-bond acceptors (Lipinski definition) is 2. The normalized spacial score (nSPS) is 17.7. The maximum atomic E-state index is 4.46. The minimum atomic E-state index is 0.778. The fourth-order valence-corrected chi connectivity index (χ4v) is 3.15. The third-order valence-electron chi connectivity index (χ3n) is 3.50. The van der Waals surface area contributed by atoms with Gasteiger partial charge in [0.2, 0.25) is 0 Å². The number of nitrogens with zero attached hydrogens (tertiary/aromatic N) is 2. The van der Waals surface area contributed by atoms with Crippen molar-refractivity contribution in [2.24, 2.45) is 5.92 Å². The van der Waals surface area contributed by atoms with E-state index in [0.717, 1.165) is 35.5 Å². The van der Waals surface area contributed by atoms with Gasteiger partial charge in [0, 0.05) is 11.0 Å². The number of aromatic nitrogens is 2. The molecular formula is C13H16BrN3. The summed E-state index contributed by atoms with van der Waals surface area (Å²) >= 11 is 3.62. The van der Waals surface area contributed by atoms with Crippen LogP contribution in [0.3, 0.4) is 0 Å². The molecule has 0 saturated carbocycles. The first kappa shape index (κ1) is 11.2. The van der Waals surface area contributed by atoms with E-state index in [1.165, 1.54) is 18.4 Å². The molecule has 1 aromatic carbocycles. The molecule has 0 aliphatic carbocycles. The van der Waals surface area contributed by atoms with Gasteiger partial charge in [-0.3, -0.25) is 0 Å². The number of benzene rings is 1. The van der Waals surface area contributed by atoms with Crippen LogP contribution in [0.25, 0.3) is 11.0 Å². The molecule has 2 heterocycles. The van der Waals surface area contributed by atoms with Gasteiger partial charge >= 0.3 is 0 Å². The van der Waals surface area contributed by atoms with Crippen molar-refractivity contribution in [2.75, 3.05) is 13.1 Å². The summed E-state index contributed by atoms with van der Waals surface area (Å²) in [7, 11) is 0. The summed E-state index contributed by atoms with van der Waals surface area (Å²) in [6.45, 7) is 3.39. The Morgan fingerprint density at radius 2 is 2.18 bits per heavy atom. The summed E-state index contributed by atoms with van der Waals surface area (Å²) in [5.41, 5.74) is 2.30. The average Bonchev–Trinajstić information content (AvgIpc) is 2.75. The van der Waals surface area contributed by atoms with Crippen molar-refractivity contribution in [3.8, 4) is 0 Å². The van der Waals surface area contributed by atoms with E-state index < -0.39 is 0 Å². The molecule has 0 radical (unpaired) electrons. The highest BCUT2D eigenvalue weighted by atomic mass is 79.9. The van der Waals surface area contributed by atoms with Crippen LogP contribution in [0.15, 0.2) is 29.0 Å². The standard InChI is InChI=1S/C13H16BrN3/c14-11-2-1-3-12-13(11)17(9-16-12)8-10-4-6-15-7-5-10/h1-3,9-10,15H,4-8H2. The van der Waals surface area contributed by atoms with E-state index in [4.69, 9.17) is 0 Å². The highest BCUT2D eigenvalue weighted by Gasteiger charge is 2.15. The quantitative estimate of drug-likeness (QED) is 0.923. The zero-order valence-electron chi connectivity index (χ0n) is 9.69. The van der Waals surface area contributed by atoms with Gasteiger partial charge in [-0.15, -0.1) is 0 Å². The molecule has 0 unspecified atom stereocenters. The number of fused-ring (bicyclic) bond motifs is 1. The first-order chi connectivity index (χ1) is 8.34. The predicted octanol–water partition coefficient (Wildman–Crippen LogP) is 2.80. The van der Waals surface area contributed by atoms with Crippen LogP contribution in [0.5, 0.6) is 0 Å². The van der Waals surface area contributed by atoms with Crippen LogP contribution in [0.4, 0.5) is 0 Å². The van der Waals surface area contributed by atoms with Crippen LogP contribution in [0.2, 0.25) is 0 Å². The van der Waals surface area contributed by atoms with Crippen molar-refractivity contribution in [2.45, 2.75) is 19.4 Å². The van der Waals surface area contributed by atoms with E-state index in [0.29, 0.717) is 0 Å².